The average Bonchev–Trinajstić information content (AvgIpc) is 3.00. The van der Waals surface area contributed by atoms with Crippen molar-refractivity contribution >= 4 is 10.8 Å². The molecule has 1 saturated heterocycles. The number of nitrogens with zero attached hydrogens (tertiary/aromatic N) is 1. The molecule has 4 nitrogen and oxygen atoms in total. The minimum Gasteiger partial charge on any atom is -0.491 e. The van der Waals surface area contributed by atoms with Crippen molar-refractivity contribution in [3.8, 4) is 5.75 Å². The molecule has 2 atom stereocenters. The van der Waals surface area contributed by atoms with Gasteiger partial charge in [-0.25, -0.2) is 0 Å². The van der Waals surface area contributed by atoms with Crippen LogP contribution in [0.5, 0.6) is 5.75 Å². The fraction of sp³-hybridized carbons (Fsp3) is 0.474. The van der Waals surface area contributed by atoms with E-state index in [-0.39, 0.29) is 0 Å². The first-order chi connectivity index (χ1) is 11.3. The monoisotopic (exact) mass is 315 g/mol. The summed E-state index contributed by atoms with van der Waals surface area (Å²) < 4.78 is 11.0. The Bertz CT molecular complexity index is 631. The number of likely N-dealkylation sites (tertiary alicyclic amines) is 1. The molecule has 2 unspecified atom stereocenters. The lowest BCUT2D eigenvalue weighted by atomic mass is 10.1. The summed E-state index contributed by atoms with van der Waals surface area (Å²) >= 11 is 0. The molecule has 0 aliphatic carbocycles. The molecular weight excluding hydrogens is 290 g/mol. The number of ether oxygens (including phenoxy) is 2. The molecular formula is C19H25NO3. The molecule has 0 saturated carbocycles. The third-order valence-corrected chi connectivity index (χ3v) is 4.47. The Balaban J connectivity index is 1.52. The summed E-state index contributed by atoms with van der Waals surface area (Å²) in [7, 11) is 1.73. The molecule has 3 rings (SSSR count). The molecule has 0 spiro atoms. The largest absolute Gasteiger partial charge is 0.491 e. The van der Waals surface area contributed by atoms with Gasteiger partial charge < -0.3 is 14.6 Å². The lowest BCUT2D eigenvalue weighted by Gasteiger charge is -2.26. The highest BCUT2D eigenvalue weighted by Gasteiger charge is 2.26. The van der Waals surface area contributed by atoms with E-state index in [0.717, 1.165) is 30.7 Å². The summed E-state index contributed by atoms with van der Waals surface area (Å²) in [5.74, 6) is 0.803. The van der Waals surface area contributed by atoms with Crippen molar-refractivity contribution in [2.45, 2.75) is 25.0 Å². The topological polar surface area (TPSA) is 41.9 Å². The lowest BCUT2D eigenvalue weighted by Crippen LogP contribution is -2.40. The van der Waals surface area contributed by atoms with E-state index in [9.17, 15) is 5.11 Å². The van der Waals surface area contributed by atoms with Crippen LogP contribution < -0.4 is 4.74 Å². The zero-order valence-electron chi connectivity index (χ0n) is 13.6. The van der Waals surface area contributed by atoms with Gasteiger partial charge in [0.2, 0.25) is 0 Å². The number of hydrogen-bond acceptors (Lipinski definition) is 4. The van der Waals surface area contributed by atoms with Crippen LogP contribution in [0.25, 0.3) is 10.8 Å². The van der Waals surface area contributed by atoms with Gasteiger partial charge in [0.1, 0.15) is 18.5 Å². The van der Waals surface area contributed by atoms with Crippen molar-refractivity contribution in [1.82, 2.24) is 4.90 Å². The quantitative estimate of drug-likeness (QED) is 0.853. The van der Waals surface area contributed by atoms with E-state index in [1.54, 1.807) is 7.11 Å². The molecule has 0 amide bonds. The Hall–Kier alpha value is -1.62. The molecule has 2 aromatic carbocycles. The van der Waals surface area contributed by atoms with Crippen LogP contribution in [-0.4, -0.2) is 55.6 Å². The van der Waals surface area contributed by atoms with Crippen molar-refractivity contribution in [2.24, 2.45) is 0 Å². The maximum absolute atomic E-state index is 10.3. The molecule has 1 heterocycles. The van der Waals surface area contributed by atoms with Crippen molar-refractivity contribution in [1.29, 1.82) is 0 Å². The summed E-state index contributed by atoms with van der Waals surface area (Å²) in [4.78, 5) is 2.30. The highest BCUT2D eigenvalue weighted by atomic mass is 16.5. The van der Waals surface area contributed by atoms with Crippen molar-refractivity contribution in [3.05, 3.63) is 42.5 Å². The van der Waals surface area contributed by atoms with Crippen LogP contribution in [0.1, 0.15) is 12.8 Å². The normalized spacial score (nSPS) is 20.0. The summed E-state index contributed by atoms with van der Waals surface area (Å²) in [6.07, 6.45) is 1.83. The van der Waals surface area contributed by atoms with Crippen LogP contribution in [0, 0.1) is 0 Å². The molecule has 1 fully saturated rings. The molecule has 1 N–H and O–H groups in total. The Morgan fingerprint density at radius 2 is 2.04 bits per heavy atom. The minimum atomic E-state index is -0.487. The van der Waals surface area contributed by atoms with Crippen LogP contribution in [0.15, 0.2) is 42.5 Å². The van der Waals surface area contributed by atoms with Gasteiger partial charge in [-0.15, -0.1) is 0 Å². The first kappa shape index (κ1) is 16.2. The van der Waals surface area contributed by atoms with Crippen molar-refractivity contribution in [2.75, 3.05) is 33.4 Å². The number of benzene rings is 2. The van der Waals surface area contributed by atoms with E-state index < -0.39 is 6.10 Å². The van der Waals surface area contributed by atoms with E-state index >= 15 is 0 Å². The fourth-order valence-corrected chi connectivity index (χ4v) is 3.29. The van der Waals surface area contributed by atoms with Gasteiger partial charge in [-0.1, -0.05) is 30.3 Å². The number of aliphatic hydroxyl groups excluding tert-OH is 1. The Morgan fingerprint density at radius 1 is 1.22 bits per heavy atom. The number of β-amino-alcohol motifs (C(OH)–C–C–N with tert-alkyl or cyclic N) is 1. The standard InChI is InChI=1S/C19H25NO3/c1-22-13-17-7-4-10-20(17)12-18(21)14-23-19-9-8-15-5-2-3-6-16(15)11-19/h2-3,5-6,8-9,11,17-18,21H,4,7,10,12-14H2,1H3. The number of fused-ring (bicyclic) bond motifs is 1. The maximum atomic E-state index is 10.3. The zero-order chi connectivity index (χ0) is 16.1. The second-order valence-electron chi connectivity index (χ2n) is 6.22. The van der Waals surface area contributed by atoms with Crippen molar-refractivity contribution < 1.29 is 14.6 Å². The van der Waals surface area contributed by atoms with E-state index in [2.05, 4.69) is 17.0 Å². The highest BCUT2D eigenvalue weighted by Crippen LogP contribution is 2.21. The van der Waals surface area contributed by atoms with E-state index in [1.807, 2.05) is 30.3 Å². The predicted molar refractivity (Wildman–Crippen MR) is 91.9 cm³/mol. The van der Waals surface area contributed by atoms with E-state index in [0.29, 0.717) is 19.2 Å². The third kappa shape index (κ3) is 4.22. The van der Waals surface area contributed by atoms with Gasteiger partial charge in [0.05, 0.1) is 6.61 Å². The molecule has 1 aliphatic rings. The molecule has 23 heavy (non-hydrogen) atoms. The van der Waals surface area contributed by atoms with Gasteiger partial charge in [0, 0.05) is 19.7 Å². The van der Waals surface area contributed by atoms with E-state index in [4.69, 9.17) is 9.47 Å². The van der Waals surface area contributed by atoms with E-state index in [1.165, 1.54) is 11.8 Å². The predicted octanol–water partition coefficient (Wildman–Crippen LogP) is 2.69. The average molecular weight is 315 g/mol. The van der Waals surface area contributed by atoms with Crippen LogP contribution in [0.3, 0.4) is 0 Å². The summed E-state index contributed by atoms with van der Waals surface area (Å²) in [6, 6.07) is 14.6. The van der Waals surface area contributed by atoms with Crippen LogP contribution >= 0.6 is 0 Å². The molecule has 0 bridgehead atoms. The molecule has 0 aromatic heterocycles. The SMILES string of the molecule is COCC1CCCN1CC(O)COc1ccc2ccccc2c1. The molecule has 1 aliphatic heterocycles. The number of rotatable bonds is 7. The van der Waals surface area contributed by atoms with Gasteiger partial charge in [0.25, 0.3) is 0 Å². The second kappa shape index (κ2) is 7.77. The molecule has 124 valence electrons. The number of aliphatic hydroxyl groups is 1. The number of hydrogen-bond donors (Lipinski definition) is 1. The van der Waals surface area contributed by atoms with Crippen molar-refractivity contribution in [3.63, 3.8) is 0 Å². The van der Waals surface area contributed by atoms with Gasteiger partial charge in [-0.05, 0) is 42.3 Å². The zero-order valence-corrected chi connectivity index (χ0v) is 13.6. The molecule has 4 heteroatoms. The highest BCUT2D eigenvalue weighted by molar-refractivity contribution is 5.83. The second-order valence-corrected chi connectivity index (χ2v) is 6.22. The Morgan fingerprint density at radius 3 is 2.87 bits per heavy atom. The smallest absolute Gasteiger partial charge is 0.120 e. The van der Waals surface area contributed by atoms with Gasteiger partial charge in [-0.3, -0.25) is 4.90 Å². The first-order valence-corrected chi connectivity index (χ1v) is 8.29. The van der Waals surface area contributed by atoms with Gasteiger partial charge in [-0.2, -0.15) is 0 Å². The number of methoxy groups -OCH3 is 1. The maximum Gasteiger partial charge on any atom is 0.120 e. The van der Waals surface area contributed by atoms with Gasteiger partial charge >= 0.3 is 0 Å². The molecule has 2 aromatic rings. The first-order valence-electron chi connectivity index (χ1n) is 8.29. The minimum absolute atomic E-state index is 0.314. The Labute approximate surface area is 137 Å². The Kier molecular flexibility index (Phi) is 5.49. The summed E-state index contributed by atoms with van der Waals surface area (Å²) in [5, 5.41) is 12.6. The van der Waals surface area contributed by atoms with Crippen LogP contribution in [0.2, 0.25) is 0 Å². The summed E-state index contributed by atoms with van der Waals surface area (Å²) in [5.41, 5.74) is 0. The third-order valence-electron chi connectivity index (χ3n) is 4.47. The van der Waals surface area contributed by atoms with Crippen LogP contribution in [-0.2, 0) is 4.74 Å². The molecule has 0 radical (unpaired) electrons. The summed E-state index contributed by atoms with van der Waals surface area (Å²) in [6.45, 7) is 2.72. The van der Waals surface area contributed by atoms with Crippen LogP contribution in [0.4, 0.5) is 0 Å². The van der Waals surface area contributed by atoms with Gasteiger partial charge in [0.15, 0.2) is 0 Å². The fourth-order valence-electron chi connectivity index (χ4n) is 3.29. The lowest BCUT2D eigenvalue weighted by molar-refractivity contribution is 0.0459.